The second-order valence-electron chi connectivity index (χ2n) is 1.88. The fourth-order valence-corrected chi connectivity index (χ4v) is 0.582. The van der Waals surface area contributed by atoms with Crippen LogP contribution in [0.25, 0.3) is 0 Å². The number of nitrogens with zero attached hydrogens (tertiary/aromatic N) is 1. The maximum atomic E-state index is 4.47. The highest BCUT2D eigenvalue weighted by molar-refractivity contribution is 4.98. The SMILES string of the molecule is C1=CNC=CC1.c1cocn1. The van der Waals surface area contributed by atoms with Crippen LogP contribution >= 0.6 is 0 Å². The minimum absolute atomic E-state index is 1.08. The molecular weight excluding hydrogens is 140 g/mol. The summed E-state index contributed by atoms with van der Waals surface area (Å²) in [5.74, 6) is 0. The van der Waals surface area contributed by atoms with Crippen molar-refractivity contribution in [2.75, 3.05) is 0 Å². The zero-order chi connectivity index (χ0) is 7.78. The van der Waals surface area contributed by atoms with Crippen molar-refractivity contribution in [2.24, 2.45) is 0 Å². The van der Waals surface area contributed by atoms with Gasteiger partial charge in [-0.3, -0.25) is 0 Å². The Kier molecular flexibility index (Phi) is 3.65. The van der Waals surface area contributed by atoms with Crippen molar-refractivity contribution in [1.82, 2.24) is 10.3 Å². The summed E-state index contributed by atoms with van der Waals surface area (Å²) in [5.41, 5.74) is 0. The molecule has 0 amide bonds. The predicted octanol–water partition coefficient (Wildman–Crippen LogP) is 1.68. The van der Waals surface area contributed by atoms with Crippen LogP contribution in [0.3, 0.4) is 0 Å². The first-order valence-corrected chi connectivity index (χ1v) is 3.38. The van der Waals surface area contributed by atoms with Crippen LogP contribution in [0.2, 0.25) is 0 Å². The number of aromatic nitrogens is 1. The van der Waals surface area contributed by atoms with E-state index >= 15 is 0 Å². The van der Waals surface area contributed by atoms with Crippen LogP contribution in [0.5, 0.6) is 0 Å². The maximum Gasteiger partial charge on any atom is 0.180 e. The molecule has 0 radical (unpaired) electrons. The van der Waals surface area contributed by atoms with Crippen molar-refractivity contribution < 1.29 is 4.42 Å². The van der Waals surface area contributed by atoms with Gasteiger partial charge in [0.1, 0.15) is 6.26 Å². The standard InChI is InChI=1S/C5H7N.C3H3NO/c1-2-4-6-5-3-1;1-2-5-3-4-1/h2-6H,1H2;1-3H. The summed E-state index contributed by atoms with van der Waals surface area (Å²) in [7, 11) is 0. The van der Waals surface area contributed by atoms with E-state index in [9.17, 15) is 0 Å². The number of oxazole rings is 1. The van der Waals surface area contributed by atoms with Gasteiger partial charge in [0.05, 0.1) is 6.20 Å². The highest BCUT2D eigenvalue weighted by Crippen LogP contribution is 1.86. The summed E-state index contributed by atoms with van der Waals surface area (Å²) >= 11 is 0. The van der Waals surface area contributed by atoms with E-state index in [1.54, 1.807) is 6.20 Å². The molecule has 1 aliphatic rings. The molecule has 1 aromatic heterocycles. The minimum Gasteiger partial charge on any atom is -0.452 e. The fraction of sp³-hybridized carbons (Fsp3) is 0.125. The van der Waals surface area contributed by atoms with Crippen LogP contribution < -0.4 is 5.32 Å². The molecular formula is C8H10N2O. The normalized spacial score (nSPS) is 13.1. The molecule has 0 unspecified atom stereocenters. The molecule has 0 spiro atoms. The van der Waals surface area contributed by atoms with E-state index in [0.29, 0.717) is 0 Å². The maximum absolute atomic E-state index is 4.47. The number of hydrogen-bond acceptors (Lipinski definition) is 3. The largest absolute Gasteiger partial charge is 0.452 e. The van der Waals surface area contributed by atoms with Gasteiger partial charge in [0.2, 0.25) is 0 Å². The van der Waals surface area contributed by atoms with E-state index < -0.39 is 0 Å². The Hall–Kier alpha value is -1.51. The van der Waals surface area contributed by atoms with Gasteiger partial charge in [-0.05, 0) is 18.8 Å². The van der Waals surface area contributed by atoms with Gasteiger partial charge in [0, 0.05) is 0 Å². The number of nitrogens with one attached hydrogen (secondary N) is 1. The lowest BCUT2D eigenvalue weighted by Gasteiger charge is -1.92. The third-order valence-corrected chi connectivity index (χ3v) is 1.05. The molecule has 0 aromatic carbocycles. The summed E-state index contributed by atoms with van der Waals surface area (Å²) in [6.45, 7) is 0. The monoisotopic (exact) mass is 150 g/mol. The topological polar surface area (TPSA) is 38.1 Å². The Balaban J connectivity index is 0.000000112. The lowest BCUT2D eigenvalue weighted by Crippen LogP contribution is -1.93. The summed E-state index contributed by atoms with van der Waals surface area (Å²) in [6.07, 6.45) is 13.5. The van der Waals surface area contributed by atoms with Gasteiger partial charge >= 0.3 is 0 Å². The molecule has 1 N–H and O–H groups in total. The van der Waals surface area contributed by atoms with Gasteiger partial charge in [0.25, 0.3) is 0 Å². The average molecular weight is 150 g/mol. The van der Waals surface area contributed by atoms with Gasteiger partial charge in [-0.1, -0.05) is 12.2 Å². The molecule has 2 heterocycles. The number of allylic oxidation sites excluding steroid dienone is 2. The smallest absolute Gasteiger partial charge is 0.180 e. The third-order valence-electron chi connectivity index (χ3n) is 1.05. The van der Waals surface area contributed by atoms with Crippen LogP contribution in [-0.2, 0) is 0 Å². The first-order valence-electron chi connectivity index (χ1n) is 3.38. The molecule has 58 valence electrons. The van der Waals surface area contributed by atoms with Crippen molar-refractivity contribution in [2.45, 2.75) is 6.42 Å². The van der Waals surface area contributed by atoms with Crippen molar-refractivity contribution in [1.29, 1.82) is 0 Å². The molecule has 0 saturated heterocycles. The van der Waals surface area contributed by atoms with Crippen molar-refractivity contribution in [3.63, 3.8) is 0 Å². The molecule has 0 fully saturated rings. The Bertz CT molecular complexity index is 177. The summed E-state index contributed by atoms with van der Waals surface area (Å²) in [5, 5.41) is 2.92. The molecule has 0 saturated carbocycles. The van der Waals surface area contributed by atoms with Crippen molar-refractivity contribution >= 4 is 0 Å². The number of dihydropyridines is 1. The summed E-state index contributed by atoms with van der Waals surface area (Å²) in [4.78, 5) is 3.56. The highest BCUT2D eigenvalue weighted by atomic mass is 16.3. The minimum atomic E-state index is 1.08. The van der Waals surface area contributed by atoms with Crippen molar-refractivity contribution in [3.8, 4) is 0 Å². The molecule has 1 aromatic rings. The fourth-order valence-electron chi connectivity index (χ4n) is 0.582. The van der Waals surface area contributed by atoms with E-state index in [1.165, 1.54) is 12.7 Å². The molecule has 3 heteroatoms. The van der Waals surface area contributed by atoms with E-state index in [0.717, 1.165) is 6.42 Å². The van der Waals surface area contributed by atoms with Crippen LogP contribution in [0.15, 0.2) is 47.8 Å². The van der Waals surface area contributed by atoms with E-state index in [2.05, 4.69) is 26.9 Å². The molecule has 1 aliphatic heterocycles. The Morgan fingerprint density at radius 1 is 1.27 bits per heavy atom. The molecule has 0 aliphatic carbocycles. The summed E-state index contributed by atoms with van der Waals surface area (Å²) < 4.78 is 4.47. The molecule has 11 heavy (non-hydrogen) atoms. The van der Waals surface area contributed by atoms with Crippen LogP contribution in [0.4, 0.5) is 0 Å². The number of hydrogen-bond donors (Lipinski definition) is 1. The van der Waals surface area contributed by atoms with Crippen LogP contribution in [-0.4, -0.2) is 4.98 Å². The molecule has 0 bridgehead atoms. The highest BCUT2D eigenvalue weighted by Gasteiger charge is 1.73. The average Bonchev–Trinajstić information content (AvgIpc) is 2.64. The van der Waals surface area contributed by atoms with Crippen molar-refractivity contribution in [3.05, 3.63) is 43.4 Å². The zero-order valence-electron chi connectivity index (χ0n) is 6.10. The van der Waals surface area contributed by atoms with Gasteiger partial charge in [-0.25, -0.2) is 4.98 Å². The van der Waals surface area contributed by atoms with E-state index in [1.807, 2.05) is 12.4 Å². The molecule has 2 rings (SSSR count). The Morgan fingerprint density at radius 2 is 2.09 bits per heavy atom. The third kappa shape index (κ3) is 3.97. The second kappa shape index (κ2) is 5.29. The van der Waals surface area contributed by atoms with Gasteiger partial charge in [0.15, 0.2) is 6.39 Å². The van der Waals surface area contributed by atoms with Crippen LogP contribution in [0, 0.1) is 0 Å². The Morgan fingerprint density at radius 3 is 2.27 bits per heavy atom. The van der Waals surface area contributed by atoms with E-state index in [4.69, 9.17) is 0 Å². The van der Waals surface area contributed by atoms with E-state index in [-0.39, 0.29) is 0 Å². The summed E-state index contributed by atoms with van der Waals surface area (Å²) in [6, 6.07) is 0. The van der Waals surface area contributed by atoms with Gasteiger partial charge in [-0.2, -0.15) is 0 Å². The first kappa shape index (κ1) is 7.60. The number of rotatable bonds is 0. The second-order valence-corrected chi connectivity index (χ2v) is 1.88. The van der Waals surface area contributed by atoms with Gasteiger partial charge in [-0.15, -0.1) is 0 Å². The molecule has 3 nitrogen and oxygen atoms in total. The lowest BCUT2D eigenvalue weighted by molar-refractivity contribution is 0.558. The first-order chi connectivity index (χ1) is 5.50. The Labute approximate surface area is 65.4 Å². The quantitative estimate of drug-likeness (QED) is 0.611. The predicted molar refractivity (Wildman–Crippen MR) is 42.5 cm³/mol. The zero-order valence-corrected chi connectivity index (χ0v) is 6.10. The lowest BCUT2D eigenvalue weighted by atomic mass is 10.4. The van der Waals surface area contributed by atoms with Gasteiger partial charge < -0.3 is 9.73 Å². The molecule has 0 atom stereocenters. The van der Waals surface area contributed by atoms with Crippen LogP contribution in [0.1, 0.15) is 6.42 Å².